The fraction of sp³-hybridized carbons (Fsp3) is 0.714. The van der Waals surface area contributed by atoms with Gasteiger partial charge in [0.25, 0.3) is 0 Å². The maximum absolute atomic E-state index is 11.6. The lowest BCUT2D eigenvalue weighted by atomic mass is 9.75. The highest BCUT2D eigenvalue weighted by Crippen LogP contribution is 2.35. The van der Waals surface area contributed by atoms with E-state index in [2.05, 4.69) is 28.0 Å². The van der Waals surface area contributed by atoms with Crippen LogP contribution in [0.2, 0.25) is 0 Å². The lowest BCUT2D eigenvalue weighted by Gasteiger charge is -2.29. The van der Waals surface area contributed by atoms with Gasteiger partial charge in [-0.05, 0) is 42.1 Å². The number of rotatable bonds is 6. The molecule has 4 nitrogen and oxygen atoms in total. The highest BCUT2D eigenvalue weighted by Gasteiger charge is 2.38. The zero-order valence-electron chi connectivity index (χ0n) is 12.3. The van der Waals surface area contributed by atoms with Gasteiger partial charge in [0, 0.05) is 13.0 Å². The third-order valence-corrected chi connectivity index (χ3v) is 4.91. The van der Waals surface area contributed by atoms with Gasteiger partial charge >= 0.3 is 5.97 Å². The average Bonchev–Trinajstić information content (AvgIpc) is 2.65. The number of carboxylic acid groups (broad SMARTS) is 1. The Hall–Kier alpha value is -0.840. The first-order valence-corrected chi connectivity index (χ1v) is 7.54. The highest BCUT2D eigenvalue weighted by atomic mass is 79.9. The Morgan fingerprint density at radius 1 is 1.47 bits per heavy atom. The summed E-state index contributed by atoms with van der Waals surface area (Å²) >= 11 is 3.58. The molecule has 0 aliphatic carbocycles. The Bertz CT molecular complexity index is 468. The van der Waals surface area contributed by atoms with Gasteiger partial charge in [0.15, 0.2) is 0 Å². The van der Waals surface area contributed by atoms with Gasteiger partial charge in [0.05, 0.1) is 21.3 Å². The van der Waals surface area contributed by atoms with Crippen LogP contribution in [-0.4, -0.2) is 20.9 Å². The average molecular weight is 331 g/mol. The van der Waals surface area contributed by atoms with E-state index in [4.69, 9.17) is 0 Å². The highest BCUT2D eigenvalue weighted by molar-refractivity contribution is 9.10. The van der Waals surface area contributed by atoms with Gasteiger partial charge in [0.1, 0.15) is 0 Å². The van der Waals surface area contributed by atoms with Crippen molar-refractivity contribution in [3.05, 3.63) is 15.9 Å². The molecule has 0 amide bonds. The molecule has 0 spiro atoms. The monoisotopic (exact) mass is 330 g/mol. The molecule has 0 saturated heterocycles. The SMILES string of the molecule is CCc1nn(CC)c(CC(C)(C(=O)O)C(C)C)c1Br. The minimum Gasteiger partial charge on any atom is -0.481 e. The summed E-state index contributed by atoms with van der Waals surface area (Å²) in [6.45, 7) is 10.5. The molecule has 0 aliphatic heterocycles. The predicted octanol–water partition coefficient (Wildman–Crippen LogP) is 3.52. The number of carboxylic acids is 1. The molecule has 1 aromatic rings. The molecular weight excluding hydrogens is 308 g/mol. The third-order valence-electron chi connectivity index (χ3n) is 3.99. The molecule has 0 saturated carbocycles. The van der Waals surface area contributed by atoms with Gasteiger partial charge in [0.2, 0.25) is 0 Å². The largest absolute Gasteiger partial charge is 0.481 e. The molecular formula is C14H23BrN2O2. The van der Waals surface area contributed by atoms with Crippen molar-refractivity contribution >= 4 is 21.9 Å². The Morgan fingerprint density at radius 3 is 2.42 bits per heavy atom. The van der Waals surface area contributed by atoms with Crippen molar-refractivity contribution in [1.29, 1.82) is 0 Å². The second-order valence-electron chi connectivity index (χ2n) is 5.43. The fourth-order valence-electron chi connectivity index (χ4n) is 2.06. The Kier molecular flexibility index (Phi) is 5.18. The van der Waals surface area contributed by atoms with Crippen LogP contribution in [0.5, 0.6) is 0 Å². The van der Waals surface area contributed by atoms with Crippen LogP contribution in [0.25, 0.3) is 0 Å². The molecule has 5 heteroatoms. The van der Waals surface area contributed by atoms with Crippen molar-refractivity contribution in [3.63, 3.8) is 0 Å². The van der Waals surface area contributed by atoms with E-state index in [9.17, 15) is 9.90 Å². The normalized spacial score (nSPS) is 14.7. The van der Waals surface area contributed by atoms with Crippen LogP contribution in [-0.2, 0) is 24.2 Å². The third kappa shape index (κ3) is 3.02. The topological polar surface area (TPSA) is 55.1 Å². The maximum Gasteiger partial charge on any atom is 0.310 e. The van der Waals surface area contributed by atoms with E-state index in [1.165, 1.54) is 0 Å². The zero-order chi connectivity index (χ0) is 14.8. The minimum atomic E-state index is -0.777. The standard InChI is InChI=1S/C14H23BrN2O2/c1-6-10-12(15)11(17(7-2)16-10)8-14(5,9(3)4)13(18)19/h9H,6-8H2,1-5H3,(H,18,19). The number of hydrogen-bond donors (Lipinski definition) is 1. The predicted molar refractivity (Wildman–Crippen MR) is 79.3 cm³/mol. The summed E-state index contributed by atoms with van der Waals surface area (Å²) in [5.74, 6) is -0.696. The number of aliphatic carboxylic acids is 1. The quantitative estimate of drug-likeness (QED) is 0.868. The van der Waals surface area contributed by atoms with Crippen molar-refractivity contribution < 1.29 is 9.90 Å². The minimum absolute atomic E-state index is 0.0576. The first-order valence-electron chi connectivity index (χ1n) is 6.75. The van der Waals surface area contributed by atoms with Gasteiger partial charge in [-0.25, -0.2) is 0 Å². The van der Waals surface area contributed by atoms with E-state index in [1.807, 2.05) is 32.4 Å². The van der Waals surface area contributed by atoms with Crippen LogP contribution in [0.1, 0.15) is 46.0 Å². The van der Waals surface area contributed by atoms with Gasteiger partial charge in [-0.1, -0.05) is 20.8 Å². The molecule has 1 rings (SSSR count). The first kappa shape index (κ1) is 16.2. The number of aromatic nitrogens is 2. The van der Waals surface area contributed by atoms with Crippen molar-refractivity contribution in [2.45, 2.75) is 54.0 Å². The maximum atomic E-state index is 11.6. The molecule has 108 valence electrons. The fourth-order valence-corrected chi connectivity index (χ4v) is 2.77. The molecule has 1 N–H and O–H groups in total. The van der Waals surface area contributed by atoms with Crippen LogP contribution in [0.15, 0.2) is 4.47 Å². The first-order chi connectivity index (χ1) is 8.77. The Balaban J connectivity index is 3.23. The van der Waals surface area contributed by atoms with Crippen LogP contribution in [0.3, 0.4) is 0 Å². The summed E-state index contributed by atoms with van der Waals surface area (Å²) in [6, 6.07) is 0. The molecule has 1 heterocycles. The van der Waals surface area contributed by atoms with Crippen LogP contribution >= 0.6 is 15.9 Å². The second kappa shape index (κ2) is 6.07. The van der Waals surface area contributed by atoms with Crippen LogP contribution in [0, 0.1) is 11.3 Å². The summed E-state index contributed by atoms with van der Waals surface area (Å²) in [5, 5.41) is 14.1. The van der Waals surface area contributed by atoms with E-state index < -0.39 is 11.4 Å². The number of hydrogen-bond acceptors (Lipinski definition) is 2. The summed E-state index contributed by atoms with van der Waals surface area (Å²) in [7, 11) is 0. The second-order valence-corrected chi connectivity index (χ2v) is 6.22. The molecule has 1 unspecified atom stereocenters. The lowest BCUT2D eigenvalue weighted by molar-refractivity contribution is -0.150. The van der Waals surface area contributed by atoms with E-state index >= 15 is 0 Å². The van der Waals surface area contributed by atoms with Gasteiger partial charge < -0.3 is 5.11 Å². The Labute approximate surface area is 123 Å². The Morgan fingerprint density at radius 2 is 2.05 bits per heavy atom. The molecule has 1 aromatic heterocycles. The molecule has 0 aliphatic rings. The number of nitrogens with zero attached hydrogens (tertiary/aromatic N) is 2. The number of halogens is 1. The molecule has 19 heavy (non-hydrogen) atoms. The molecule has 1 atom stereocenters. The van der Waals surface area contributed by atoms with Crippen molar-refractivity contribution in [2.24, 2.45) is 11.3 Å². The zero-order valence-corrected chi connectivity index (χ0v) is 13.9. The van der Waals surface area contributed by atoms with Gasteiger partial charge in [-0.15, -0.1) is 0 Å². The van der Waals surface area contributed by atoms with Gasteiger partial charge in [-0.2, -0.15) is 5.10 Å². The summed E-state index contributed by atoms with van der Waals surface area (Å²) < 4.78 is 2.87. The number of carbonyl (C=O) groups is 1. The smallest absolute Gasteiger partial charge is 0.310 e. The van der Waals surface area contributed by atoms with E-state index in [-0.39, 0.29) is 5.92 Å². The van der Waals surface area contributed by atoms with Crippen molar-refractivity contribution in [1.82, 2.24) is 9.78 Å². The van der Waals surface area contributed by atoms with Crippen LogP contribution in [0.4, 0.5) is 0 Å². The van der Waals surface area contributed by atoms with Gasteiger partial charge in [-0.3, -0.25) is 9.48 Å². The summed E-state index contributed by atoms with van der Waals surface area (Å²) in [4.78, 5) is 11.6. The molecule has 0 aromatic carbocycles. The molecule has 0 fully saturated rings. The lowest BCUT2D eigenvalue weighted by Crippen LogP contribution is -2.36. The van der Waals surface area contributed by atoms with Crippen molar-refractivity contribution in [3.8, 4) is 0 Å². The van der Waals surface area contributed by atoms with E-state index in [1.54, 1.807) is 0 Å². The van der Waals surface area contributed by atoms with Crippen LogP contribution < -0.4 is 0 Å². The molecule has 0 bridgehead atoms. The van der Waals surface area contributed by atoms with Crippen molar-refractivity contribution in [2.75, 3.05) is 0 Å². The number of aryl methyl sites for hydroxylation is 2. The van der Waals surface area contributed by atoms with E-state index in [0.29, 0.717) is 6.42 Å². The van der Waals surface area contributed by atoms with E-state index in [0.717, 1.165) is 28.8 Å². The molecule has 0 radical (unpaired) electrons. The summed E-state index contributed by atoms with van der Waals surface area (Å²) in [6.07, 6.45) is 1.33. The summed E-state index contributed by atoms with van der Waals surface area (Å²) in [5.41, 5.74) is 1.20.